The molecule has 0 aromatic heterocycles. The average molecular weight is 232 g/mol. The Morgan fingerprint density at radius 1 is 1.40 bits per heavy atom. The highest BCUT2D eigenvalue weighted by atomic mass is 32.2. The van der Waals surface area contributed by atoms with E-state index in [9.17, 15) is 13.2 Å². The fourth-order valence-electron chi connectivity index (χ4n) is 2.15. The minimum Gasteiger partial charge on any atom is -0.342 e. The van der Waals surface area contributed by atoms with Crippen LogP contribution in [0.25, 0.3) is 0 Å². The predicted molar refractivity (Wildman–Crippen MR) is 55.9 cm³/mol. The Labute approximate surface area is 89.5 Å². The zero-order valence-electron chi connectivity index (χ0n) is 8.55. The van der Waals surface area contributed by atoms with Crippen molar-refractivity contribution in [3.05, 3.63) is 0 Å². The Bertz CT molecular complexity index is 360. The summed E-state index contributed by atoms with van der Waals surface area (Å²) in [5, 5.41) is 0. The number of likely N-dealkylation sites (tertiary alicyclic amines) is 1. The maximum atomic E-state index is 11.8. The predicted octanol–water partition coefficient (Wildman–Crippen LogP) is -1.16. The van der Waals surface area contributed by atoms with Gasteiger partial charge in [-0.25, -0.2) is 8.42 Å². The maximum absolute atomic E-state index is 11.8. The molecule has 0 aliphatic carbocycles. The Balaban J connectivity index is 1.88. The second-order valence-corrected chi connectivity index (χ2v) is 6.67. The molecular weight excluding hydrogens is 216 g/mol. The quantitative estimate of drug-likeness (QED) is 0.651. The molecule has 0 radical (unpaired) electrons. The standard InChI is InChI=1S/C9H16N2O3S/c10-3-7-4-11(5-7)9(12)8-1-2-15(13,14)6-8/h7-8H,1-6,10H2. The summed E-state index contributed by atoms with van der Waals surface area (Å²) >= 11 is 0. The van der Waals surface area contributed by atoms with E-state index < -0.39 is 9.84 Å². The third-order valence-corrected chi connectivity index (χ3v) is 4.95. The van der Waals surface area contributed by atoms with Crippen LogP contribution in [0.5, 0.6) is 0 Å². The van der Waals surface area contributed by atoms with Crippen molar-refractivity contribution in [2.24, 2.45) is 17.6 Å². The molecule has 1 atom stereocenters. The van der Waals surface area contributed by atoms with E-state index in [1.54, 1.807) is 4.90 Å². The number of hydrogen-bond acceptors (Lipinski definition) is 4. The lowest BCUT2D eigenvalue weighted by Gasteiger charge is -2.39. The van der Waals surface area contributed by atoms with Crippen molar-refractivity contribution < 1.29 is 13.2 Å². The number of nitrogens with zero attached hydrogens (tertiary/aromatic N) is 1. The lowest BCUT2D eigenvalue weighted by molar-refractivity contribution is -0.140. The number of nitrogens with two attached hydrogens (primary N) is 1. The number of sulfone groups is 1. The minimum atomic E-state index is -2.95. The monoisotopic (exact) mass is 232 g/mol. The smallest absolute Gasteiger partial charge is 0.226 e. The first kappa shape index (κ1) is 10.9. The summed E-state index contributed by atoms with van der Waals surface area (Å²) in [5.74, 6) is 0.314. The molecule has 2 N–H and O–H groups in total. The van der Waals surface area contributed by atoms with Gasteiger partial charge < -0.3 is 10.6 Å². The number of carbonyl (C=O) groups excluding carboxylic acids is 1. The summed E-state index contributed by atoms with van der Waals surface area (Å²) in [4.78, 5) is 13.5. The lowest BCUT2D eigenvalue weighted by atomic mass is 9.97. The largest absolute Gasteiger partial charge is 0.342 e. The maximum Gasteiger partial charge on any atom is 0.226 e. The molecule has 2 aliphatic heterocycles. The van der Waals surface area contributed by atoms with E-state index in [0.29, 0.717) is 32.0 Å². The first-order valence-electron chi connectivity index (χ1n) is 5.21. The van der Waals surface area contributed by atoms with Crippen LogP contribution in [0.1, 0.15) is 6.42 Å². The van der Waals surface area contributed by atoms with Crippen molar-refractivity contribution in [3.63, 3.8) is 0 Å². The first-order chi connectivity index (χ1) is 7.02. The summed E-state index contributed by atoms with van der Waals surface area (Å²) in [6.07, 6.45) is 0.491. The van der Waals surface area contributed by atoms with E-state index in [1.165, 1.54) is 0 Å². The molecule has 0 saturated carbocycles. The van der Waals surface area contributed by atoms with Gasteiger partial charge in [0.05, 0.1) is 17.4 Å². The van der Waals surface area contributed by atoms with Crippen LogP contribution in [-0.2, 0) is 14.6 Å². The van der Waals surface area contributed by atoms with Gasteiger partial charge in [0, 0.05) is 19.0 Å². The number of carbonyl (C=O) groups is 1. The van der Waals surface area contributed by atoms with Gasteiger partial charge in [-0.05, 0) is 13.0 Å². The van der Waals surface area contributed by atoms with Crippen molar-refractivity contribution in [1.82, 2.24) is 4.90 Å². The van der Waals surface area contributed by atoms with Crippen molar-refractivity contribution in [2.75, 3.05) is 31.1 Å². The Hall–Kier alpha value is -0.620. The van der Waals surface area contributed by atoms with E-state index in [-0.39, 0.29) is 23.3 Å². The molecule has 1 unspecified atom stereocenters. The zero-order valence-corrected chi connectivity index (χ0v) is 9.37. The van der Waals surface area contributed by atoms with Crippen molar-refractivity contribution >= 4 is 15.7 Å². The minimum absolute atomic E-state index is 0.000718. The normalized spacial score (nSPS) is 30.2. The van der Waals surface area contributed by atoms with Crippen molar-refractivity contribution in [1.29, 1.82) is 0 Å². The second-order valence-electron chi connectivity index (χ2n) is 4.44. The molecule has 1 amide bonds. The van der Waals surface area contributed by atoms with E-state index in [1.807, 2.05) is 0 Å². The van der Waals surface area contributed by atoms with Crippen LogP contribution in [0, 0.1) is 11.8 Å². The Kier molecular flexibility index (Phi) is 2.72. The number of hydrogen-bond donors (Lipinski definition) is 1. The van der Waals surface area contributed by atoms with Gasteiger partial charge in [0.15, 0.2) is 9.84 Å². The molecule has 0 bridgehead atoms. The first-order valence-corrected chi connectivity index (χ1v) is 7.03. The molecule has 6 heteroatoms. The summed E-state index contributed by atoms with van der Waals surface area (Å²) < 4.78 is 22.4. The van der Waals surface area contributed by atoms with Gasteiger partial charge in [-0.2, -0.15) is 0 Å². The fraction of sp³-hybridized carbons (Fsp3) is 0.889. The van der Waals surface area contributed by atoms with Gasteiger partial charge in [0.1, 0.15) is 0 Å². The third-order valence-electron chi connectivity index (χ3n) is 3.18. The van der Waals surface area contributed by atoms with Crippen molar-refractivity contribution in [3.8, 4) is 0 Å². The second kappa shape index (κ2) is 3.75. The molecule has 2 saturated heterocycles. The SMILES string of the molecule is NCC1CN(C(=O)C2CCS(=O)(=O)C2)C1. The summed E-state index contributed by atoms with van der Waals surface area (Å²) in [7, 11) is -2.95. The van der Waals surface area contributed by atoms with Crippen LogP contribution in [-0.4, -0.2) is 50.4 Å². The molecule has 2 aliphatic rings. The molecule has 0 spiro atoms. The van der Waals surface area contributed by atoms with Crippen LogP contribution in [0.15, 0.2) is 0 Å². The Morgan fingerprint density at radius 2 is 2.07 bits per heavy atom. The topological polar surface area (TPSA) is 80.5 Å². The van der Waals surface area contributed by atoms with Crippen LogP contribution in [0.4, 0.5) is 0 Å². The van der Waals surface area contributed by atoms with Crippen LogP contribution in [0.2, 0.25) is 0 Å². The van der Waals surface area contributed by atoms with Gasteiger partial charge in [-0.15, -0.1) is 0 Å². The van der Waals surface area contributed by atoms with Crippen LogP contribution < -0.4 is 5.73 Å². The fourth-order valence-corrected chi connectivity index (χ4v) is 3.88. The van der Waals surface area contributed by atoms with Gasteiger partial charge in [0.2, 0.25) is 5.91 Å². The molecular formula is C9H16N2O3S. The van der Waals surface area contributed by atoms with Crippen molar-refractivity contribution in [2.45, 2.75) is 6.42 Å². The highest BCUT2D eigenvalue weighted by Gasteiger charge is 2.39. The molecule has 0 aromatic carbocycles. The lowest BCUT2D eigenvalue weighted by Crippen LogP contribution is -2.54. The molecule has 86 valence electrons. The Morgan fingerprint density at radius 3 is 2.53 bits per heavy atom. The number of amides is 1. The third kappa shape index (κ3) is 2.15. The molecule has 0 aromatic rings. The summed E-state index contributed by atoms with van der Waals surface area (Å²) in [6, 6.07) is 0. The van der Waals surface area contributed by atoms with Gasteiger partial charge in [-0.1, -0.05) is 0 Å². The molecule has 15 heavy (non-hydrogen) atoms. The summed E-state index contributed by atoms with van der Waals surface area (Å²) in [5.41, 5.74) is 5.46. The van der Waals surface area contributed by atoms with E-state index in [0.717, 1.165) is 0 Å². The molecule has 2 rings (SSSR count). The number of rotatable bonds is 2. The molecule has 5 nitrogen and oxygen atoms in total. The van der Waals surface area contributed by atoms with E-state index in [4.69, 9.17) is 5.73 Å². The average Bonchev–Trinajstić information content (AvgIpc) is 2.44. The van der Waals surface area contributed by atoms with Crippen LogP contribution in [0.3, 0.4) is 0 Å². The highest BCUT2D eigenvalue weighted by Crippen LogP contribution is 2.24. The molecule has 2 fully saturated rings. The molecule has 2 heterocycles. The van der Waals surface area contributed by atoms with Gasteiger partial charge >= 0.3 is 0 Å². The van der Waals surface area contributed by atoms with E-state index >= 15 is 0 Å². The van der Waals surface area contributed by atoms with Gasteiger partial charge in [0.25, 0.3) is 0 Å². The summed E-state index contributed by atoms with van der Waals surface area (Å²) in [6.45, 7) is 2.00. The van der Waals surface area contributed by atoms with E-state index in [2.05, 4.69) is 0 Å². The zero-order chi connectivity index (χ0) is 11.1. The highest BCUT2D eigenvalue weighted by molar-refractivity contribution is 7.91. The van der Waals surface area contributed by atoms with Gasteiger partial charge in [-0.3, -0.25) is 4.79 Å². The van der Waals surface area contributed by atoms with Crippen LogP contribution >= 0.6 is 0 Å².